The number of hydrogen-bond donors (Lipinski definition) is 1. The molecule has 1 aliphatic rings. The molecule has 30 heavy (non-hydrogen) atoms. The monoisotopic (exact) mass is 406 g/mol. The molecule has 0 radical (unpaired) electrons. The summed E-state index contributed by atoms with van der Waals surface area (Å²) in [5, 5.41) is 3.78. The Kier molecular flexibility index (Phi) is 6.14. The summed E-state index contributed by atoms with van der Waals surface area (Å²) in [5.41, 5.74) is 2.92. The van der Waals surface area contributed by atoms with Gasteiger partial charge in [0.2, 0.25) is 0 Å². The SMILES string of the molecule is COCc1c(C(=O)NCc2cccc(C(=O)N3CCCCC3)c2)oc2ccccc12. The smallest absolute Gasteiger partial charge is 0.287 e. The molecule has 1 N–H and O–H groups in total. The van der Waals surface area contributed by atoms with Gasteiger partial charge in [0.25, 0.3) is 11.8 Å². The Morgan fingerprint density at radius 2 is 1.87 bits per heavy atom. The Labute approximate surface area is 175 Å². The zero-order valence-electron chi connectivity index (χ0n) is 17.1. The van der Waals surface area contributed by atoms with Crippen molar-refractivity contribution >= 4 is 22.8 Å². The van der Waals surface area contributed by atoms with E-state index in [0.29, 0.717) is 24.3 Å². The number of ether oxygens (including phenoxy) is 1. The molecule has 0 bridgehead atoms. The maximum absolute atomic E-state index is 12.8. The number of fused-ring (bicyclic) bond motifs is 1. The largest absolute Gasteiger partial charge is 0.451 e. The van der Waals surface area contributed by atoms with Crippen LogP contribution in [0.1, 0.15) is 51.3 Å². The van der Waals surface area contributed by atoms with Crippen molar-refractivity contribution in [3.8, 4) is 0 Å². The third kappa shape index (κ3) is 4.24. The van der Waals surface area contributed by atoms with Gasteiger partial charge in [0.1, 0.15) is 5.58 Å². The van der Waals surface area contributed by atoms with Crippen LogP contribution in [-0.4, -0.2) is 36.9 Å². The first kappa shape index (κ1) is 20.2. The minimum atomic E-state index is -0.300. The van der Waals surface area contributed by atoms with Crippen molar-refractivity contribution in [3.63, 3.8) is 0 Å². The van der Waals surface area contributed by atoms with Crippen LogP contribution < -0.4 is 5.32 Å². The first-order chi connectivity index (χ1) is 14.7. The molecule has 2 aromatic carbocycles. The summed E-state index contributed by atoms with van der Waals surface area (Å²) < 4.78 is 11.1. The molecule has 0 atom stereocenters. The molecule has 4 rings (SSSR count). The number of carbonyl (C=O) groups excluding carboxylic acids is 2. The number of amides is 2. The van der Waals surface area contributed by atoms with Gasteiger partial charge in [0.15, 0.2) is 5.76 Å². The van der Waals surface area contributed by atoms with Gasteiger partial charge in [0, 0.05) is 43.3 Å². The predicted octanol–water partition coefficient (Wildman–Crippen LogP) is 4.14. The van der Waals surface area contributed by atoms with Crippen LogP contribution in [0.3, 0.4) is 0 Å². The Balaban J connectivity index is 1.47. The fourth-order valence-corrected chi connectivity index (χ4v) is 3.93. The van der Waals surface area contributed by atoms with Gasteiger partial charge in [-0.25, -0.2) is 0 Å². The Morgan fingerprint density at radius 3 is 2.67 bits per heavy atom. The molecule has 1 saturated heterocycles. The zero-order valence-corrected chi connectivity index (χ0v) is 17.1. The highest BCUT2D eigenvalue weighted by molar-refractivity contribution is 5.99. The summed E-state index contributed by atoms with van der Waals surface area (Å²) in [7, 11) is 1.59. The van der Waals surface area contributed by atoms with E-state index in [4.69, 9.17) is 9.15 Å². The number of piperidine rings is 1. The summed E-state index contributed by atoms with van der Waals surface area (Å²) in [6, 6.07) is 15.0. The number of rotatable bonds is 6. The number of nitrogens with one attached hydrogen (secondary N) is 1. The van der Waals surface area contributed by atoms with Crippen LogP contribution in [-0.2, 0) is 17.9 Å². The molecule has 3 aromatic rings. The summed E-state index contributed by atoms with van der Waals surface area (Å²) in [6.45, 7) is 2.23. The van der Waals surface area contributed by atoms with E-state index in [0.717, 1.165) is 42.4 Å². The van der Waals surface area contributed by atoms with Crippen molar-refractivity contribution in [2.75, 3.05) is 20.2 Å². The van der Waals surface area contributed by atoms with Gasteiger partial charge in [-0.05, 0) is 43.0 Å². The number of methoxy groups -OCH3 is 1. The van der Waals surface area contributed by atoms with Gasteiger partial charge >= 0.3 is 0 Å². The molecule has 156 valence electrons. The molecule has 1 aromatic heterocycles. The van der Waals surface area contributed by atoms with E-state index >= 15 is 0 Å². The van der Waals surface area contributed by atoms with E-state index in [1.165, 1.54) is 6.42 Å². The Hall–Kier alpha value is -3.12. The molecule has 6 heteroatoms. The lowest BCUT2D eigenvalue weighted by atomic mass is 10.1. The average molecular weight is 406 g/mol. The lowest BCUT2D eigenvalue weighted by molar-refractivity contribution is 0.0724. The second-order valence-electron chi connectivity index (χ2n) is 7.57. The van der Waals surface area contributed by atoms with Gasteiger partial charge in [0.05, 0.1) is 6.61 Å². The van der Waals surface area contributed by atoms with E-state index in [1.807, 2.05) is 53.4 Å². The highest BCUT2D eigenvalue weighted by atomic mass is 16.5. The quantitative estimate of drug-likeness (QED) is 0.668. The number of furan rings is 1. The molecular weight excluding hydrogens is 380 g/mol. The van der Waals surface area contributed by atoms with Crippen molar-refractivity contribution in [2.45, 2.75) is 32.4 Å². The maximum Gasteiger partial charge on any atom is 0.287 e. The van der Waals surface area contributed by atoms with Crippen LogP contribution >= 0.6 is 0 Å². The molecule has 0 spiro atoms. The molecule has 0 aliphatic carbocycles. The third-order valence-corrected chi connectivity index (χ3v) is 5.46. The van der Waals surface area contributed by atoms with Crippen molar-refractivity contribution < 1.29 is 18.7 Å². The maximum atomic E-state index is 12.8. The molecule has 1 aliphatic heterocycles. The predicted molar refractivity (Wildman–Crippen MR) is 114 cm³/mol. The normalized spacial score (nSPS) is 14.1. The highest BCUT2D eigenvalue weighted by Crippen LogP contribution is 2.26. The number of hydrogen-bond acceptors (Lipinski definition) is 4. The molecule has 1 fully saturated rings. The van der Waals surface area contributed by atoms with E-state index in [-0.39, 0.29) is 17.6 Å². The zero-order chi connectivity index (χ0) is 20.9. The third-order valence-electron chi connectivity index (χ3n) is 5.46. The highest BCUT2D eigenvalue weighted by Gasteiger charge is 2.21. The van der Waals surface area contributed by atoms with Crippen LogP contribution in [0.15, 0.2) is 52.9 Å². The molecule has 0 unspecified atom stereocenters. The van der Waals surface area contributed by atoms with Crippen LogP contribution in [0.25, 0.3) is 11.0 Å². The fourth-order valence-electron chi connectivity index (χ4n) is 3.93. The van der Waals surface area contributed by atoms with Gasteiger partial charge in [-0.2, -0.15) is 0 Å². The van der Waals surface area contributed by atoms with E-state index < -0.39 is 0 Å². The standard InChI is InChI=1S/C24H26N2O4/c1-29-16-20-19-10-3-4-11-21(19)30-22(20)23(27)25-15-17-8-7-9-18(14-17)24(28)26-12-5-2-6-13-26/h3-4,7-11,14H,2,5-6,12-13,15-16H2,1H3,(H,25,27). The van der Waals surface area contributed by atoms with Crippen LogP contribution in [0.5, 0.6) is 0 Å². The summed E-state index contributed by atoms with van der Waals surface area (Å²) in [4.78, 5) is 27.5. The number of likely N-dealkylation sites (tertiary alicyclic amines) is 1. The van der Waals surface area contributed by atoms with E-state index in [1.54, 1.807) is 7.11 Å². The van der Waals surface area contributed by atoms with Crippen LogP contribution in [0.4, 0.5) is 0 Å². The minimum absolute atomic E-state index is 0.0579. The molecule has 0 saturated carbocycles. The molecule has 2 heterocycles. The van der Waals surface area contributed by atoms with Gasteiger partial charge in [-0.1, -0.05) is 30.3 Å². The number of para-hydroxylation sites is 1. The van der Waals surface area contributed by atoms with Crippen molar-refractivity contribution in [3.05, 3.63) is 71.0 Å². The fraction of sp³-hybridized carbons (Fsp3) is 0.333. The van der Waals surface area contributed by atoms with E-state index in [9.17, 15) is 9.59 Å². The Morgan fingerprint density at radius 1 is 1.07 bits per heavy atom. The van der Waals surface area contributed by atoms with Crippen molar-refractivity contribution in [1.82, 2.24) is 10.2 Å². The number of carbonyl (C=O) groups is 2. The van der Waals surface area contributed by atoms with Crippen LogP contribution in [0, 0.1) is 0 Å². The van der Waals surface area contributed by atoms with E-state index in [2.05, 4.69) is 5.32 Å². The molecule has 6 nitrogen and oxygen atoms in total. The minimum Gasteiger partial charge on any atom is -0.451 e. The van der Waals surface area contributed by atoms with Gasteiger partial charge in [-0.15, -0.1) is 0 Å². The topological polar surface area (TPSA) is 71.8 Å². The average Bonchev–Trinajstić information content (AvgIpc) is 3.17. The van der Waals surface area contributed by atoms with Gasteiger partial charge < -0.3 is 19.4 Å². The lowest BCUT2D eigenvalue weighted by Crippen LogP contribution is -2.35. The second-order valence-corrected chi connectivity index (χ2v) is 7.57. The van der Waals surface area contributed by atoms with Crippen molar-refractivity contribution in [2.24, 2.45) is 0 Å². The first-order valence-electron chi connectivity index (χ1n) is 10.3. The summed E-state index contributed by atoms with van der Waals surface area (Å²) >= 11 is 0. The van der Waals surface area contributed by atoms with Crippen LogP contribution in [0.2, 0.25) is 0 Å². The number of benzene rings is 2. The van der Waals surface area contributed by atoms with Gasteiger partial charge in [-0.3, -0.25) is 9.59 Å². The molecule has 2 amide bonds. The second kappa shape index (κ2) is 9.13. The first-order valence-corrected chi connectivity index (χ1v) is 10.3. The molecular formula is C24H26N2O4. The van der Waals surface area contributed by atoms with Crippen molar-refractivity contribution in [1.29, 1.82) is 0 Å². The Bertz CT molecular complexity index is 1050. The number of nitrogens with zero attached hydrogens (tertiary/aromatic N) is 1. The summed E-state index contributed by atoms with van der Waals surface area (Å²) in [6.07, 6.45) is 3.30. The summed E-state index contributed by atoms with van der Waals surface area (Å²) in [5.74, 6) is 0.0205. The lowest BCUT2D eigenvalue weighted by Gasteiger charge is -2.26.